The first-order chi connectivity index (χ1) is 11.7. The lowest BCUT2D eigenvalue weighted by Crippen LogP contribution is -2.27. The van der Waals surface area contributed by atoms with Crippen molar-refractivity contribution in [1.82, 2.24) is 15.5 Å². The van der Waals surface area contributed by atoms with Crippen LogP contribution in [-0.2, 0) is 6.42 Å². The largest absolute Gasteiger partial charge is 0.345 e. The molecule has 0 saturated carbocycles. The highest BCUT2D eigenvalue weighted by Gasteiger charge is 2.25. The van der Waals surface area contributed by atoms with Gasteiger partial charge in [0.15, 0.2) is 0 Å². The number of aromatic amines is 1. The third-order valence-electron chi connectivity index (χ3n) is 4.46. The van der Waals surface area contributed by atoms with Crippen LogP contribution in [0, 0.1) is 0 Å². The predicted octanol–water partition coefficient (Wildman–Crippen LogP) is 4.15. The van der Waals surface area contributed by atoms with E-state index in [0.29, 0.717) is 16.3 Å². The fourth-order valence-corrected chi connectivity index (χ4v) is 3.36. The molecule has 120 valence electrons. The molecular weight excluding hydrogens is 322 g/mol. The van der Waals surface area contributed by atoms with Crippen molar-refractivity contribution >= 4 is 17.5 Å². The van der Waals surface area contributed by atoms with E-state index in [9.17, 15) is 4.79 Å². The third-order valence-corrected chi connectivity index (χ3v) is 4.71. The summed E-state index contributed by atoms with van der Waals surface area (Å²) < 4.78 is 0. The van der Waals surface area contributed by atoms with E-state index < -0.39 is 0 Å². The van der Waals surface area contributed by atoms with Crippen LogP contribution in [0.15, 0.2) is 54.7 Å². The lowest BCUT2D eigenvalue weighted by Gasteiger charge is -2.14. The maximum Gasteiger partial charge on any atom is 0.255 e. The number of carbonyl (C=O) groups excluding carboxylic acids is 1. The van der Waals surface area contributed by atoms with Crippen molar-refractivity contribution in [3.05, 3.63) is 76.4 Å². The van der Waals surface area contributed by atoms with Crippen molar-refractivity contribution in [1.29, 1.82) is 0 Å². The summed E-state index contributed by atoms with van der Waals surface area (Å²) in [6.07, 6.45) is 3.50. The Balaban J connectivity index is 1.58. The Morgan fingerprint density at radius 2 is 1.96 bits per heavy atom. The first-order valence-corrected chi connectivity index (χ1v) is 8.28. The van der Waals surface area contributed by atoms with E-state index in [1.807, 2.05) is 24.3 Å². The Morgan fingerprint density at radius 1 is 1.17 bits per heavy atom. The van der Waals surface area contributed by atoms with Gasteiger partial charge in [0.2, 0.25) is 0 Å². The number of nitrogens with one attached hydrogen (secondary N) is 2. The molecule has 1 atom stereocenters. The second-order valence-electron chi connectivity index (χ2n) is 5.93. The zero-order valence-electron chi connectivity index (χ0n) is 12.9. The molecule has 0 fully saturated rings. The number of aromatic nitrogens is 2. The Hall–Kier alpha value is -2.59. The summed E-state index contributed by atoms with van der Waals surface area (Å²) in [5.41, 5.74) is 4.65. The SMILES string of the molecule is O=C(NC1CCc2ccccc21)c1cn[nH]c1-c1ccc(Cl)cc1. The standard InChI is InChI=1S/C19H16ClN3O/c20-14-8-5-13(6-9-14)18-16(11-21-23-18)19(24)22-17-10-7-12-3-1-2-4-15(12)17/h1-6,8-9,11,17H,7,10H2,(H,21,23)(H,22,24). The van der Waals surface area contributed by atoms with E-state index in [2.05, 4.69) is 27.6 Å². The monoisotopic (exact) mass is 337 g/mol. The highest BCUT2D eigenvalue weighted by Crippen LogP contribution is 2.31. The number of halogens is 1. The van der Waals surface area contributed by atoms with Crippen LogP contribution in [0.25, 0.3) is 11.3 Å². The molecule has 0 radical (unpaired) electrons. The van der Waals surface area contributed by atoms with Crippen molar-refractivity contribution in [2.75, 3.05) is 0 Å². The number of benzene rings is 2. The maximum absolute atomic E-state index is 12.7. The quantitative estimate of drug-likeness (QED) is 0.754. The molecule has 0 saturated heterocycles. The van der Waals surface area contributed by atoms with Crippen LogP contribution >= 0.6 is 11.6 Å². The average Bonchev–Trinajstić information content (AvgIpc) is 3.23. The molecule has 1 aliphatic carbocycles. The molecule has 2 N–H and O–H groups in total. The van der Waals surface area contributed by atoms with E-state index in [1.54, 1.807) is 18.3 Å². The maximum atomic E-state index is 12.7. The van der Waals surface area contributed by atoms with Crippen molar-refractivity contribution in [3.8, 4) is 11.3 Å². The fourth-order valence-electron chi connectivity index (χ4n) is 3.24. The van der Waals surface area contributed by atoms with Crippen molar-refractivity contribution in [2.24, 2.45) is 0 Å². The topological polar surface area (TPSA) is 57.8 Å². The zero-order chi connectivity index (χ0) is 16.5. The number of aryl methyl sites for hydroxylation is 1. The van der Waals surface area contributed by atoms with Gasteiger partial charge in [0.25, 0.3) is 5.91 Å². The van der Waals surface area contributed by atoms with Crippen LogP contribution in [0.1, 0.15) is 33.9 Å². The van der Waals surface area contributed by atoms with Gasteiger partial charge >= 0.3 is 0 Å². The molecule has 1 heterocycles. The summed E-state index contributed by atoms with van der Waals surface area (Å²) in [6.45, 7) is 0. The Labute approximate surface area is 144 Å². The fraction of sp³-hybridized carbons (Fsp3) is 0.158. The number of hydrogen-bond acceptors (Lipinski definition) is 2. The summed E-state index contributed by atoms with van der Waals surface area (Å²) in [7, 11) is 0. The summed E-state index contributed by atoms with van der Waals surface area (Å²) in [4.78, 5) is 12.7. The van der Waals surface area contributed by atoms with Gasteiger partial charge in [-0.2, -0.15) is 5.10 Å². The number of hydrogen-bond donors (Lipinski definition) is 2. The first-order valence-electron chi connectivity index (χ1n) is 7.90. The van der Waals surface area contributed by atoms with Gasteiger partial charge in [0, 0.05) is 10.6 Å². The molecule has 1 amide bonds. The van der Waals surface area contributed by atoms with E-state index in [4.69, 9.17) is 11.6 Å². The Bertz CT molecular complexity index is 886. The number of rotatable bonds is 3. The molecule has 0 spiro atoms. The second kappa shape index (κ2) is 6.13. The van der Waals surface area contributed by atoms with Gasteiger partial charge in [-0.15, -0.1) is 0 Å². The molecule has 2 aromatic carbocycles. The second-order valence-corrected chi connectivity index (χ2v) is 6.37. The van der Waals surface area contributed by atoms with Crippen molar-refractivity contribution < 1.29 is 4.79 Å². The lowest BCUT2D eigenvalue weighted by molar-refractivity contribution is 0.0937. The smallest absolute Gasteiger partial charge is 0.255 e. The molecule has 24 heavy (non-hydrogen) atoms. The first kappa shape index (κ1) is 15.0. The molecule has 3 aromatic rings. The van der Waals surface area contributed by atoms with Gasteiger partial charge in [0.05, 0.1) is 23.5 Å². The summed E-state index contributed by atoms with van der Waals surface area (Å²) in [5.74, 6) is -0.115. The van der Waals surface area contributed by atoms with E-state index in [0.717, 1.165) is 18.4 Å². The van der Waals surface area contributed by atoms with Gasteiger partial charge < -0.3 is 5.32 Å². The number of amides is 1. The Kier molecular flexibility index (Phi) is 3.82. The van der Waals surface area contributed by atoms with Crippen LogP contribution in [0.3, 0.4) is 0 Å². The average molecular weight is 338 g/mol. The number of H-pyrrole nitrogens is 1. The van der Waals surface area contributed by atoms with Gasteiger partial charge in [0.1, 0.15) is 0 Å². The molecular formula is C19H16ClN3O. The zero-order valence-corrected chi connectivity index (χ0v) is 13.7. The van der Waals surface area contributed by atoms with Gasteiger partial charge in [-0.1, -0.05) is 48.0 Å². The van der Waals surface area contributed by atoms with Crippen LogP contribution in [0.2, 0.25) is 5.02 Å². The Morgan fingerprint density at radius 3 is 2.79 bits per heavy atom. The summed E-state index contributed by atoms with van der Waals surface area (Å²) in [5, 5.41) is 10.7. The molecule has 1 aromatic heterocycles. The number of carbonyl (C=O) groups is 1. The molecule has 1 aliphatic rings. The highest BCUT2D eigenvalue weighted by atomic mass is 35.5. The summed E-state index contributed by atoms with van der Waals surface area (Å²) in [6, 6.07) is 15.7. The lowest BCUT2D eigenvalue weighted by atomic mass is 10.1. The minimum atomic E-state index is -0.115. The highest BCUT2D eigenvalue weighted by molar-refractivity contribution is 6.30. The van der Waals surface area contributed by atoms with Crippen LogP contribution < -0.4 is 5.32 Å². The molecule has 1 unspecified atom stereocenters. The molecule has 4 nitrogen and oxygen atoms in total. The van der Waals surface area contributed by atoms with Crippen LogP contribution in [0.4, 0.5) is 0 Å². The number of fused-ring (bicyclic) bond motifs is 1. The molecule has 0 bridgehead atoms. The van der Waals surface area contributed by atoms with E-state index >= 15 is 0 Å². The van der Waals surface area contributed by atoms with E-state index in [1.165, 1.54) is 11.1 Å². The molecule has 0 aliphatic heterocycles. The van der Waals surface area contributed by atoms with Crippen molar-refractivity contribution in [2.45, 2.75) is 18.9 Å². The van der Waals surface area contributed by atoms with Crippen molar-refractivity contribution in [3.63, 3.8) is 0 Å². The predicted molar refractivity (Wildman–Crippen MR) is 94.0 cm³/mol. The minimum Gasteiger partial charge on any atom is -0.345 e. The van der Waals surface area contributed by atoms with Gasteiger partial charge in [-0.3, -0.25) is 9.89 Å². The molecule has 4 rings (SSSR count). The van der Waals surface area contributed by atoms with Crippen LogP contribution in [0.5, 0.6) is 0 Å². The third kappa shape index (κ3) is 2.69. The van der Waals surface area contributed by atoms with Crippen LogP contribution in [-0.4, -0.2) is 16.1 Å². The minimum absolute atomic E-state index is 0.0571. The van der Waals surface area contributed by atoms with Gasteiger partial charge in [-0.25, -0.2) is 0 Å². The normalized spacial score (nSPS) is 16.0. The van der Waals surface area contributed by atoms with Gasteiger partial charge in [-0.05, 0) is 36.1 Å². The summed E-state index contributed by atoms with van der Waals surface area (Å²) >= 11 is 5.93. The number of nitrogens with zero attached hydrogens (tertiary/aromatic N) is 1. The van der Waals surface area contributed by atoms with E-state index in [-0.39, 0.29) is 11.9 Å². The molecule has 5 heteroatoms.